The van der Waals surface area contributed by atoms with E-state index in [0.29, 0.717) is 63.6 Å². The van der Waals surface area contributed by atoms with Gasteiger partial charge in [0.15, 0.2) is 0 Å². The largest absolute Gasteiger partial charge is 0.350 e. The molecule has 6 aliphatic heterocycles. The maximum absolute atomic E-state index is 14.5. The molecule has 0 aliphatic carbocycles. The molecule has 0 unspecified atom stereocenters. The Labute approximate surface area is 287 Å². The van der Waals surface area contributed by atoms with Crippen molar-refractivity contribution in [2.24, 2.45) is 0 Å². The smallest absolute Gasteiger partial charge is 0.253 e. The molecule has 12 heteroatoms. The summed E-state index contributed by atoms with van der Waals surface area (Å²) in [5.74, 6) is 0.0140. The van der Waals surface area contributed by atoms with Gasteiger partial charge in [-0.2, -0.15) is 0 Å². The van der Waals surface area contributed by atoms with Gasteiger partial charge in [0.05, 0.1) is 29.1 Å². The van der Waals surface area contributed by atoms with Gasteiger partial charge in [-0.3, -0.25) is 19.2 Å². The number of likely N-dealkylation sites (tertiary alicyclic amines) is 2. The molecular formula is C36H49N7O4S. The standard InChI is InChI=1S/C36H49N7O4S/c1-24-29-21-31(44)39-36(12-18-42(19-13-36)34(46)26-6-4-3-5-7-26)22-32(45)43-23-28(37-27-10-14-40(2)15-11-27)20-30(43)35(47)41-16-8-25(9-17-41)33(38-29)48-24/h3-7,25,27-28,30,37H,8-23H2,1-2H3,(H,39,44)/t28-,30-/m0/s1. The number of piperidine rings is 3. The number of rotatable bonds is 3. The predicted octanol–water partition coefficient (Wildman–Crippen LogP) is 2.55. The van der Waals surface area contributed by atoms with E-state index in [1.165, 1.54) is 0 Å². The predicted molar refractivity (Wildman–Crippen MR) is 184 cm³/mol. The SMILES string of the molecule is Cc1sc2nc1CC(=O)NC1(CCN(C(=O)c3ccccc3)CC1)CC(=O)N1C[C@@H](NC3CCN(C)CC3)C[C@H]1C(=O)N1CCC2CC1. The Kier molecular flexibility index (Phi) is 9.59. The highest BCUT2D eigenvalue weighted by Gasteiger charge is 2.46. The summed E-state index contributed by atoms with van der Waals surface area (Å²) < 4.78 is 0. The van der Waals surface area contributed by atoms with Crippen LogP contribution in [0.2, 0.25) is 0 Å². The van der Waals surface area contributed by atoms with Crippen molar-refractivity contribution in [2.75, 3.05) is 52.9 Å². The maximum atomic E-state index is 14.5. The van der Waals surface area contributed by atoms with E-state index in [9.17, 15) is 19.2 Å². The minimum atomic E-state index is -0.822. The lowest BCUT2D eigenvalue weighted by Gasteiger charge is -2.43. The van der Waals surface area contributed by atoms with Crippen LogP contribution in [-0.4, -0.2) is 125 Å². The number of hydrogen-bond donors (Lipinski definition) is 2. The van der Waals surface area contributed by atoms with Gasteiger partial charge in [0.25, 0.3) is 5.91 Å². The molecule has 4 amide bonds. The molecule has 2 N–H and O–H groups in total. The number of aryl methyl sites for hydroxylation is 1. The molecule has 4 bridgehead atoms. The van der Waals surface area contributed by atoms with E-state index in [0.717, 1.165) is 54.4 Å². The number of hydrogen-bond acceptors (Lipinski definition) is 8. The number of carbonyl (C=O) groups is 4. The van der Waals surface area contributed by atoms with Crippen LogP contribution in [0.4, 0.5) is 0 Å². The first kappa shape index (κ1) is 33.2. The van der Waals surface area contributed by atoms with Gasteiger partial charge in [-0.05, 0) is 84.1 Å². The van der Waals surface area contributed by atoms with Crippen molar-refractivity contribution in [1.29, 1.82) is 0 Å². The summed E-state index contributed by atoms with van der Waals surface area (Å²) in [5, 5.41) is 8.17. The number of aromatic nitrogens is 1. The van der Waals surface area contributed by atoms with Crippen molar-refractivity contribution in [3.8, 4) is 0 Å². The Balaban J connectivity index is 1.15. The van der Waals surface area contributed by atoms with E-state index in [1.807, 2.05) is 52.0 Å². The van der Waals surface area contributed by atoms with Crippen LogP contribution >= 0.6 is 11.3 Å². The van der Waals surface area contributed by atoms with Gasteiger partial charge in [0.2, 0.25) is 17.7 Å². The fraction of sp³-hybridized carbons (Fsp3) is 0.639. The third-order valence-corrected chi connectivity index (χ3v) is 12.6. The molecule has 7 heterocycles. The monoisotopic (exact) mass is 675 g/mol. The van der Waals surface area contributed by atoms with Gasteiger partial charge >= 0.3 is 0 Å². The highest BCUT2D eigenvalue weighted by atomic mass is 32.1. The zero-order valence-corrected chi connectivity index (χ0v) is 29.1. The summed E-state index contributed by atoms with van der Waals surface area (Å²) in [4.78, 5) is 69.7. The molecule has 0 radical (unpaired) electrons. The van der Waals surface area contributed by atoms with E-state index >= 15 is 0 Å². The fourth-order valence-electron chi connectivity index (χ4n) is 8.45. The van der Waals surface area contributed by atoms with Crippen LogP contribution in [-0.2, 0) is 20.8 Å². The van der Waals surface area contributed by atoms with Gasteiger partial charge in [-0.1, -0.05) is 18.2 Å². The highest BCUT2D eigenvalue weighted by Crippen LogP contribution is 2.35. The molecule has 1 aromatic heterocycles. The second-order valence-corrected chi connectivity index (χ2v) is 16.0. The van der Waals surface area contributed by atoms with Gasteiger partial charge in [0, 0.05) is 61.2 Å². The van der Waals surface area contributed by atoms with E-state index in [-0.39, 0.29) is 48.4 Å². The zero-order valence-electron chi connectivity index (χ0n) is 28.3. The van der Waals surface area contributed by atoms with Crippen LogP contribution < -0.4 is 10.6 Å². The number of benzene rings is 1. The van der Waals surface area contributed by atoms with E-state index in [2.05, 4.69) is 22.6 Å². The summed E-state index contributed by atoms with van der Waals surface area (Å²) in [6.07, 6.45) is 5.57. The molecule has 6 aliphatic rings. The van der Waals surface area contributed by atoms with Gasteiger partial charge in [-0.15, -0.1) is 11.3 Å². The Morgan fingerprint density at radius 1 is 0.958 bits per heavy atom. The molecule has 11 nitrogen and oxygen atoms in total. The summed E-state index contributed by atoms with van der Waals surface area (Å²) in [5.41, 5.74) is 0.601. The Bertz CT molecular complexity index is 1510. The number of thiazole rings is 1. The summed E-state index contributed by atoms with van der Waals surface area (Å²) >= 11 is 1.66. The van der Waals surface area contributed by atoms with Crippen LogP contribution in [0.1, 0.15) is 83.2 Å². The Hall–Kier alpha value is -3.35. The first-order valence-corrected chi connectivity index (χ1v) is 18.6. The van der Waals surface area contributed by atoms with Crippen molar-refractivity contribution in [1.82, 2.24) is 35.2 Å². The highest BCUT2D eigenvalue weighted by molar-refractivity contribution is 7.11. The zero-order chi connectivity index (χ0) is 33.4. The molecule has 2 atom stereocenters. The Morgan fingerprint density at radius 3 is 2.38 bits per heavy atom. The summed E-state index contributed by atoms with van der Waals surface area (Å²) in [6, 6.07) is 9.14. The van der Waals surface area contributed by atoms with Crippen molar-refractivity contribution < 1.29 is 19.2 Å². The first-order valence-electron chi connectivity index (χ1n) is 17.8. The van der Waals surface area contributed by atoms with E-state index < -0.39 is 11.6 Å². The average molecular weight is 676 g/mol. The number of carbonyl (C=O) groups excluding carboxylic acids is 4. The molecule has 2 aromatic rings. The molecule has 4 fully saturated rings. The van der Waals surface area contributed by atoms with Crippen molar-refractivity contribution in [3.05, 3.63) is 51.5 Å². The average Bonchev–Trinajstić information content (AvgIpc) is 3.68. The molecule has 1 aromatic carbocycles. The van der Waals surface area contributed by atoms with Crippen molar-refractivity contribution >= 4 is 35.0 Å². The van der Waals surface area contributed by atoms with Crippen LogP contribution in [0.15, 0.2) is 30.3 Å². The number of nitrogens with one attached hydrogen (secondary N) is 2. The lowest BCUT2D eigenvalue weighted by molar-refractivity contribution is -0.145. The number of fused-ring (bicyclic) bond motifs is 5. The molecule has 4 saturated heterocycles. The quantitative estimate of drug-likeness (QED) is 0.514. The van der Waals surface area contributed by atoms with Crippen molar-refractivity contribution in [3.63, 3.8) is 0 Å². The maximum Gasteiger partial charge on any atom is 0.253 e. The van der Waals surface area contributed by atoms with Crippen molar-refractivity contribution in [2.45, 2.75) is 94.3 Å². The van der Waals surface area contributed by atoms with Crippen LogP contribution in [0.5, 0.6) is 0 Å². The molecular weight excluding hydrogens is 627 g/mol. The minimum Gasteiger partial charge on any atom is -0.350 e. The molecule has 1 spiro atoms. The fourth-order valence-corrected chi connectivity index (χ4v) is 9.56. The van der Waals surface area contributed by atoms with E-state index in [1.54, 1.807) is 11.3 Å². The first-order chi connectivity index (χ1) is 23.2. The second-order valence-electron chi connectivity index (χ2n) is 14.7. The van der Waals surface area contributed by atoms with Gasteiger partial charge in [-0.25, -0.2) is 4.98 Å². The topological polar surface area (TPSA) is 118 Å². The molecule has 258 valence electrons. The van der Waals surface area contributed by atoms with Crippen LogP contribution in [0, 0.1) is 6.92 Å². The molecule has 8 rings (SSSR count). The van der Waals surface area contributed by atoms with Crippen LogP contribution in [0.25, 0.3) is 0 Å². The molecule has 48 heavy (non-hydrogen) atoms. The third-order valence-electron chi connectivity index (χ3n) is 11.4. The van der Waals surface area contributed by atoms with Gasteiger partial charge < -0.3 is 30.2 Å². The lowest BCUT2D eigenvalue weighted by atomic mass is 9.83. The summed E-state index contributed by atoms with van der Waals surface area (Å²) in [7, 11) is 2.15. The number of amides is 4. The minimum absolute atomic E-state index is 0.0407. The van der Waals surface area contributed by atoms with Crippen LogP contribution in [0.3, 0.4) is 0 Å². The second kappa shape index (κ2) is 13.9. The molecule has 0 saturated carbocycles. The number of nitrogens with zero attached hydrogens (tertiary/aromatic N) is 5. The van der Waals surface area contributed by atoms with Gasteiger partial charge in [0.1, 0.15) is 6.04 Å². The Morgan fingerprint density at radius 2 is 1.67 bits per heavy atom. The summed E-state index contributed by atoms with van der Waals surface area (Å²) in [6.45, 7) is 6.75. The normalized spacial score (nSPS) is 26.3. The van der Waals surface area contributed by atoms with E-state index in [4.69, 9.17) is 4.98 Å². The lowest BCUT2D eigenvalue weighted by Crippen LogP contribution is -2.59. The third kappa shape index (κ3) is 7.02.